The summed E-state index contributed by atoms with van der Waals surface area (Å²) in [6.07, 6.45) is -5.79. The number of rotatable bonds is 1. The van der Waals surface area contributed by atoms with E-state index in [1.165, 1.54) is 0 Å². The Hall–Kier alpha value is -0.290. The molecule has 1 rings (SSSR count). The SMILES string of the molecule is OC[C@@H]1CCO[C@H]1C(F)(F)F. The molecule has 2 nitrogen and oxygen atoms in total. The Balaban J connectivity index is 2.57. The molecular formula is C6H9F3O2. The normalized spacial score (nSPS) is 32.7. The van der Waals surface area contributed by atoms with Crippen LogP contribution in [0.4, 0.5) is 13.2 Å². The Bertz CT molecular complexity index is 134. The predicted molar refractivity (Wildman–Crippen MR) is 31.0 cm³/mol. The van der Waals surface area contributed by atoms with Crippen molar-refractivity contribution in [2.24, 2.45) is 5.92 Å². The second-order valence-corrected chi connectivity index (χ2v) is 2.56. The third kappa shape index (κ3) is 1.84. The van der Waals surface area contributed by atoms with Gasteiger partial charge < -0.3 is 9.84 Å². The monoisotopic (exact) mass is 170 g/mol. The molecule has 0 bridgehead atoms. The van der Waals surface area contributed by atoms with Gasteiger partial charge in [0.1, 0.15) is 0 Å². The van der Waals surface area contributed by atoms with Crippen molar-refractivity contribution in [1.29, 1.82) is 0 Å². The van der Waals surface area contributed by atoms with Gasteiger partial charge in [-0.05, 0) is 6.42 Å². The molecule has 0 aliphatic carbocycles. The van der Waals surface area contributed by atoms with E-state index in [1.807, 2.05) is 0 Å². The fraction of sp³-hybridized carbons (Fsp3) is 1.00. The van der Waals surface area contributed by atoms with E-state index in [9.17, 15) is 13.2 Å². The summed E-state index contributed by atoms with van der Waals surface area (Å²) in [5, 5.41) is 8.52. The van der Waals surface area contributed by atoms with Crippen LogP contribution in [-0.4, -0.2) is 30.6 Å². The predicted octanol–water partition coefficient (Wildman–Crippen LogP) is 0.946. The summed E-state index contributed by atoms with van der Waals surface area (Å²) in [4.78, 5) is 0. The van der Waals surface area contributed by atoms with Crippen molar-refractivity contribution < 1.29 is 23.0 Å². The van der Waals surface area contributed by atoms with Gasteiger partial charge in [0.05, 0.1) is 0 Å². The van der Waals surface area contributed by atoms with Crippen molar-refractivity contribution >= 4 is 0 Å². The fourth-order valence-corrected chi connectivity index (χ4v) is 1.18. The number of halogens is 3. The molecule has 11 heavy (non-hydrogen) atoms. The smallest absolute Gasteiger partial charge is 0.396 e. The summed E-state index contributed by atoms with van der Waals surface area (Å²) in [6.45, 7) is -0.362. The quantitative estimate of drug-likeness (QED) is 0.634. The molecule has 0 aromatic carbocycles. The average Bonchev–Trinajstić information content (AvgIpc) is 2.31. The third-order valence-electron chi connectivity index (χ3n) is 1.77. The Labute approximate surface area is 62.0 Å². The molecule has 0 amide bonds. The summed E-state index contributed by atoms with van der Waals surface area (Å²) >= 11 is 0. The largest absolute Gasteiger partial charge is 0.414 e. The van der Waals surface area contributed by atoms with Gasteiger partial charge in [0.2, 0.25) is 0 Å². The number of ether oxygens (including phenoxy) is 1. The lowest BCUT2D eigenvalue weighted by atomic mass is 10.0. The lowest BCUT2D eigenvalue weighted by Gasteiger charge is -2.18. The minimum absolute atomic E-state index is 0.0927. The first-order valence-corrected chi connectivity index (χ1v) is 3.35. The number of alkyl halides is 3. The van der Waals surface area contributed by atoms with E-state index in [4.69, 9.17) is 5.11 Å². The standard InChI is InChI=1S/C6H9F3O2/c7-6(8,9)5-4(3-10)1-2-11-5/h4-5,10H,1-3H2/t4-,5+/m0/s1. The van der Waals surface area contributed by atoms with Crippen LogP contribution in [0.1, 0.15) is 6.42 Å². The Morgan fingerprint density at radius 2 is 2.09 bits per heavy atom. The van der Waals surface area contributed by atoms with Crippen molar-refractivity contribution in [1.82, 2.24) is 0 Å². The lowest BCUT2D eigenvalue weighted by Crippen LogP contribution is -2.35. The van der Waals surface area contributed by atoms with Gasteiger partial charge in [0, 0.05) is 19.1 Å². The molecule has 2 atom stereocenters. The van der Waals surface area contributed by atoms with Crippen LogP contribution >= 0.6 is 0 Å². The minimum Gasteiger partial charge on any atom is -0.396 e. The van der Waals surface area contributed by atoms with Crippen molar-refractivity contribution in [2.45, 2.75) is 18.7 Å². The first-order valence-electron chi connectivity index (χ1n) is 3.35. The fourth-order valence-electron chi connectivity index (χ4n) is 1.18. The number of hydrogen-bond donors (Lipinski definition) is 1. The average molecular weight is 170 g/mol. The molecule has 5 heteroatoms. The first kappa shape index (κ1) is 8.80. The minimum atomic E-state index is -4.33. The second kappa shape index (κ2) is 2.98. The molecule has 1 saturated heterocycles. The van der Waals surface area contributed by atoms with Gasteiger partial charge in [0.15, 0.2) is 6.10 Å². The molecule has 0 spiro atoms. The van der Waals surface area contributed by atoms with Gasteiger partial charge >= 0.3 is 6.18 Å². The van der Waals surface area contributed by atoms with E-state index in [0.29, 0.717) is 6.42 Å². The van der Waals surface area contributed by atoms with E-state index in [-0.39, 0.29) is 6.61 Å². The summed E-state index contributed by atoms with van der Waals surface area (Å²) < 4.78 is 40.3. The van der Waals surface area contributed by atoms with E-state index in [2.05, 4.69) is 4.74 Å². The Morgan fingerprint density at radius 3 is 2.45 bits per heavy atom. The van der Waals surface area contributed by atoms with Crippen LogP contribution in [0.25, 0.3) is 0 Å². The lowest BCUT2D eigenvalue weighted by molar-refractivity contribution is -0.218. The molecular weight excluding hydrogens is 161 g/mol. The highest BCUT2D eigenvalue weighted by molar-refractivity contribution is 4.81. The van der Waals surface area contributed by atoms with Crippen LogP contribution < -0.4 is 0 Å². The second-order valence-electron chi connectivity index (χ2n) is 2.56. The molecule has 0 aromatic rings. The number of hydrogen-bond acceptors (Lipinski definition) is 2. The molecule has 0 aromatic heterocycles. The topological polar surface area (TPSA) is 29.5 Å². The van der Waals surface area contributed by atoms with Crippen LogP contribution in [-0.2, 0) is 4.74 Å². The summed E-state index contributed by atoms with van der Waals surface area (Å²) in [6, 6.07) is 0. The molecule has 1 heterocycles. The van der Waals surface area contributed by atoms with Crippen LogP contribution in [0, 0.1) is 5.92 Å². The number of aliphatic hydroxyl groups excluding tert-OH is 1. The maximum Gasteiger partial charge on any atom is 0.414 e. The van der Waals surface area contributed by atoms with Crippen molar-refractivity contribution in [2.75, 3.05) is 13.2 Å². The molecule has 66 valence electrons. The van der Waals surface area contributed by atoms with Gasteiger partial charge in [-0.25, -0.2) is 0 Å². The van der Waals surface area contributed by atoms with E-state index >= 15 is 0 Å². The van der Waals surface area contributed by atoms with Crippen molar-refractivity contribution in [3.8, 4) is 0 Å². The summed E-state index contributed by atoms with van der Waals surface area (Å²) in [7, 11) is 0. The maximum absolute atomic E-state index is 12.0. The van der Waals surface area contributed by atoms with Gasteiger partial charge in [0.25, 0.3) is 0 Å². The van der Waals surface area contributed by atoms with Gasteiger partial charge in [-0.1, -0.05) is 0 Å². The molecule has 1 aliphatic rings. The van der Waals surface area contributed by atoms with E-state index in [0.717, 1.165) is 0 Å². The highest BCUT2D eigenvalue weighted by Crippen LogP contribution is 2.33. The molecule has 1 N–H and O–H groups in total. The summed E-state index contributed by atoms with van der Waals surface area (Å²) in [5.41, 5.74) is 0. The molecule has 0 saturated carbocycles. The Kier molecular flexibility index (Phi) is 2.39. The van der Waals surface area contributed by atoms with Crippen LogP contribution in [0.3, 0.4) is 0 Å². The highest BCUT2D eigenvalue weighted by Gasteiger charge is 2.48. The first-order chi connectivity index (χ1) is 5.05. The number of aliphatic hydroxyl groups is 1. The third-order valence-corrected chi connectivity index (χ3v) is 1.77. The van der Waals surface area contributed by atoms with E-state index < -0.39 is 24.8 Å². The molecule has 0 unspecified atom stereocenters. The zero-order chi connectivity index (χ0) is 8.48. The van der Waals surface area contributed by atoms with E-state index in [1.54, 1.807) is 0 Å². The van der Waals surface area contributed by atoms with Crippen LogP contribution in [0.15, 0.2) is 0 Å². The van der Waals surface area contributed by atoms with Gasteiger partial charge in [-0.2, -0.15) is 13.2 Å². The zero-order valence-electron chi connectivity index (χ0n) is 5.77. The maximum atomic E-state index is 12.0. The Morgan fingerprint density at radius 1 is 1.45 bits per heavy atom. The van der Waals surface area contributed by atoms with Crippen LogP contribution in [0.5, 0.6) is 0 Å². The zero-order valence-corrected chi connectivity index (χ0v) is 5.77. The van der Waals surface area contributed by atoms with Gasteiger partial charge in [-0.15, -0.1) is 0 Å². The molecule has 1 aliphatic heterocycles. The van der Waals surface area contributed by atoms with Crippen molar-refractivity contribution in [3.63, 3.8) is 0 Å². The van der Waals surface area contributed by atoms with Crippen LogP contribution in [0.2, 0.25) is 0 Å². The molecule has 0 radical (unpaired) electrons. The highest BCUT2D eigenvalue weighted by atomic mass is 19.4. The molecule has 1 fully saturated rings. The summed E-state index contributed by atoms with van der Waals surface area (Å²) in [5.74, 6) is -0.769. The van der Waals surface area contributed by atoms with Gasteiger partial charge in [-0.3, -0.25) is 0 Å². The van der Waals surface area contributed by atoms with Crippen molar-refractivity contribution in [3.05, 3.63) is 0 Å².